The molecule has 1 aliphatic rings. The molecule has 0 saturated carbocycles. The van der Waals surface area contributed by atoms with Gasteiger partial charge < -0.3 is 4.74 Å². The molecule has 2 aromatic rings. The van der Waals surface area contributed by atoms with Gasteiger partial charge >= 0.3 is 5.97 Å². The standard InChI is InChI=1S/C16H8BrCl2NO2/c17-11-4-2-1-3-9(11)8-14-16(21)22-15(20-14)10-5-6-12(18)13(19)7-10/h1-8H/b14-8-. The normalized spacial score (nSPS) is 15.9. The van der Waals surface area contributed by atoms with Crippen LogP contribution in [-0.2, 0) is 9.53 Å². The van der Waals surface area contributed by atoms with Crippen LogP contribution in [-0.4, -0.2) is 11.9 Å². The molecule has 1 aliphatic heterocycles. The first-order valence-corrected chi connectivity index (χ1v) is 7.82. The number of nitrogens with zero attached hydrogens (tertiary/aromatic N) is 1. The molecule has 0 atom stereocenters. The number of hydrogen-bond acceptors (Lipinski definition) is 3. The van der Waals surface area contributed by atoms with Crippen LogP contribution in [0.25, 0.3) is 6.08 Å². The third-order valence-corrected chi connectivity index (χ3v) is 4.45. The van der Waals surface area contributed by atoms with Gasteiger partial charge in [0, 0.05) is 10.0 Å². The lowest BCUT2D eigenvalue weighted by Crippen LogP contribution is -2.05. The van der Waals surface area contributed by atoms with E-state index in [0.717, 1.165) is 10.0 Å². The van der Waals surface area contributed by atoms with E-state index in [4.69, 9.17) is 27.9 Å². The van der Waals surface area contributed by atoms with E-state index in [2.05, 4.69) is 20.9 Å². The maximum absolute atomic E-state index is 11.9. The Morgan fingerprint density at radius 3 is 2.59 bits per heavy atom. The molecule has 0 unspecified atom stereocenters. The third kappa shape index (κ3) is 3.09. The average molecular weight is 397 g/mol. The number of rotatable bonds is 2. The van der Waals surface area contributed by atoms with Crippen LogP contribution in [0.5, 0.6) is 0 Å². The summed E-state index contributed by atoms with van der Waals surface area (Å²) in [5.41, 5.74) is 1.67. The van der Waals surface area contributed by atoms with E-state index in [1.54, 1.807) is 24.3 Å². The Hall–Kier alpha value is -1.62. The van der Waals surface area contributed by atoms with Crippen LogP contribution in [0.15, 0.2) is 57.6 Å². The molecule has 0 aliphatic carbocycles. The predicted octanol–water partition coefficient (Wildman–Crippen LogP) is 5.10. The van der Waals surface area contributed by atoms with Crippen LogP contribution in [0.2, 0.25) is 10.0 Å². The third-order valence-electron chi connectivity index (χ3n) is 2.98. The molecule has 0 N–H and O–H groups in total. The van der Waals surface area contributed by atoms with E-state index in [0.29, 0.717) is 15.6 Å². The highest BCUT2D eigenvalue weighted by Crippen LogP contribution is 2.26. The molecule has 0 bridgehead atoms. The number of carbonyl (C=O) groups excluding carboxylic acids is 1. The summed E-state index contributed by atoms with van der Waals surface area (Å²) < 4.78 is 6.06. The minimum absolute atomic E-state index is 0.210. The highest BCUT2D eigenvalue weighted by Gasteiger charge is 2.24. The summed E-state index contributed by atoms with van der Waals surface area (Å²) in [7, 11) is 0. The molecule has 0 amide bonds. The smallest absolute Gasteiger partial charge is 0.363 e. The molecule has 2 aromatic carbocycles. The molecular weight excluding hydrogens is 389 g/mol. The van der Waals surface area contributed by atoms with Crippen molar-refractivity contribution < 1.29 is 9.53 Å². The number of aliphatic imine (C=N–C) groups is 1. The number of cyclic esters (lactones) is 1. The molecule has 3 nitrogen and oxygen atoms in total. The number of ether oxygens (including phenoxy) is 1. The molecule has 0 spiro atoms. The monoisotopic (exact) mass is 395 g/mol. The largest absolute Gasteiger partial charge is 0.402 e. The fourth-order valence-electron chi connectivity index (χ4n) is 1.90. The zero-order chi connectivity index (χ0) is 15.7. The topological polar surface area (TPSA) is 38.7 Å². The zero-order valence-electron chi connectivity index (χ0n) is 11.0. The molecule has 1 heterocycles. The summed E-state index contributed by atoms with van der Waals surface area (Å²) in [6.07, 6.45) is 1.66. The Labute approximate surface area is 145 Å². The van der Waals surface area contributed by atoms with Crippen molar-refractivity contribution in [2.24, 2.45) is 4.99 Å². The molecule has 3 rings (SSSR count). The van der Waals surface area contributed by atoms with Crippen LogP contribution >= 0.6 is 39.1 Å². The van der Waals surface area contributed by atoms with Crippen molar-refractivity contribution in [3.8, 4) is 0 Å². The van der Waals surface area contributed by atoms with E-state index in [-0.39, 0.29) is 11.6 Å². The Balaban J connectivity index is 1.98. The maximum Gasteiger partial charge on any atom is 0.363 e. The number of carbonyl (C=O) groups is 1. The molecule has 6 heteroatoms. The number of benzene rings is 2. The van der Waals surface area contributed by atoms with Crippen LogP contribution in [0.3, 0.4) is 0 Å². The first kappa shape index (κ1) is 15.3. The number of esters is 1. The van der Waals surface area contributed by atoms with E-state index >= 15 is 0 Å². The lowest BCUT2D eigenvalue weighted by atomic mass is 10.2. The van der Waals surface area contributed by atoms with Gasteiger partial charge in [0.25, 0.3) is 0 Å². The van der Waals surface area contributed by atoms with Crippen molar-refractivity contribution in [1.82, 2.24) is 0 Å². The zero-order valence-corrected chi connectivity index (χ0v) is 14.1. The summed E-state index contributed by atoms with van der Waals surface area (Å²) >= 11 is 15.3. The SMILES string of the molecule is O=C1OC(c2ccc(Cl)c(Cl)c2)=N/C1=C\c1ccccc1Br. The van der Waals surface area contributed by atoms with Crippen molar-refractivity contribution in [3.05, 3.63) is 73.8 Å². The van der Waals surface area contributed by atoms with Gasteiger partial charge in [0.1, 0.15) is 0 Å². The van der Waals surface area contributed by atoms with Gasteiger partial charge in [-0.15, -0.1) is 0 Å². The van der Waals surface area contributed by atoms with Crippen molar-refractivity contribution in [2.45, 2.75) is 0 Å². The second-order valence-electron chi connectivity index (χ2n) is 4.49. The van der Waals surface area contributed by atoms with Crippen LogP contribution < -0.4 is 0 Å². The molecule has 0 aromatic heterocycles. The quantitative estimate of drug-likeness (QED) is 0.523. The van der Waals surface area contributed by atoms with E-state index in [1.165, 1.54) is 0 Å². The Morgan fingerprint density at radius 2 is 1.86 bits per heavy atom. The first-order valence-electron chi connectivity index (χ1n) is 6.27. The minimum atomic E-state index is -0.503. The van der Waals surface area contributed by atoms with Crippen molar-refractivity contribution >= 4 is 57.1 Å². The lowest BCUT2D eigenvalue weighted by molar-refractivity contribution is -0.129. The van der Waals surface area contributed by atoms with Gasteiger partial charge in [-0.1, -0.05) is 57.3 Å². The summed E-state index contributed by atoms with van der Waals surface area (Å²) in [6, 6.07) is 12.5. The maximum atomic E-state index is 11.9. The summed E-state index contributed by atoms with van der Waals surface area (Å²) in [4.78, 5) is 16.2. The van der Waals surface area contributed by atoms with Crippen molar-refractivity contribution in [3.63, 3.8) is 0 Å². The van der Waals surface area contributed by atoms with Crippen molar-refractivity contribution in [1.29, 1.82) is 0 Å². The van der Waals surface area contributed by atoms with E-state index in [1.807, 2.05) is 24.3 Å². The Morgan fingerprint density at radius 1 is 1.09 bits per heavy atom. The molecule has 22 heavy (non-hydrogen) atoms. The van der Waals surface area contributed by atoms with Crippen LogP contribution in [0.4, 0.5) is 0 Å². The highest BCUT2D eigenvalue weighted by molar-refractivity contribution is 9.10. The molecule has 0 saturated heterocycles. The van der Waals surface area contributed by atoms with Crippen molar-refractivity contribution in [2.75, 3.05) is 0 Å². The summed E-state index contributed by atoms with van der Waals surface area (Å²) in [5, 5.41) is 0.806. The van der Waals surface area contributed by atoms with Crippen LogP contribution in [0.1, 0.15) is 11.1 Å². The van der Waals surface area contributed by atoms with Gasteiger partial charge in [0.2, 0.25) is 5.90 Å². The van der Waals surface area contributed by atoms with Crippen LogP contribution in [0, 0.1) is 0 Å². The van der Waals surface area contributed by atoms with E-state index in [9.17, 15) is 4.79 Å². The highest BCUT2D eigenvalue weighted by atomic mass is 79.9. The second kappa shape index (κ2) is 6.24. The fraction of sp³-hybridized carbons (Fsp3) is 0. The average Bonchev–Trinajstić information content (AvgIpc) is 2.85. The van der Waals surface area contributed by atoms with Gasteiger partial charge in [-0.25, -0.2) is 9.79 Å². The lowest BCUT2D eigenvalue weighted by Gasteiger charge is -2.01. The van der Waals surface area contributed by atoms with E-state index < -0.39 is 5.97 Å². The molecule has 0 radical (unpaired) electrons. The van der Waals surface area contributed by atoms with Gasteiger partial charge in [-0.3, -0.25) is 0 Å². The Bertz CT molecular complexity index is 831. The molecule has 110 valence electrons. The Kier molecular flexibility index (Phi) is 4.34. The van der Waals surface area contributed by atoms with Gasteiger partial charge in [0.15, 0.2) is 5.70 Å². The van der Waals surface area contributed by atoms with Gasteiger partial charge in [0.05, 0.1) is 10.0 Å². The summed E-state index contributed by atoms with van der Waals surface area (Å²) in [6.45, 7) is 0. The van der Waals surface area contributed by atoms with Gasteiger partial charge in [-0.05, 0) is 35.9 Å². The minimum Gasteiger partial charge on any atom is -0.402 e. The molecular formula is C16H8BrCl2NO2. The second-order valence-corrected chi connectivity index (χ2v) is 6.16. The first-order chi connectivity index (χ1) is 10.5. The van der Waals surface area contributed by atoms with Gasteiger partial charge in [-0.2, -0.15) is 0 Å². The fourth-order valence-corrected chi connectivity index (χ4v) is 2.60. The summed E-state index contributed by atoms with van der Waals surface area (Å²) in [5.74, 6) is -0.293. The predicted molar refractivity (Wildman–Crippen MR) is 91.2 cm³/mol. The number of halogens is 3. The number of hydrogen-bond donors (Lipinski definition) is 0. The molecule has 0 fully saturated rings.